The summed E-state index contributed by atoms with van der Waals surface area (Å²) in [7, 11) is 1.77. The molecule has 24 heavy (non-hydrogen) atoms. The largest absolute Gasteiger partial charge is 0.340 e. The molecule has 0 aromatic heterocycles. The topological polar surface area (TPSA) is 40.6 Å². The summed E-state index contributed by atoms with van der Waals surface area (Å²) in [5.41, 5.74) is 3.01. The fraction of sp³-hybridized carbons (Fsp3) is 0.263. The van der Waals surface area contributed by atoms with Gasteiger partial charge in [0.25, 0.3) is 0 Å². The molecule has 0 aliphatic carbocycles. The molecule has 0 spiro atoms. The van der Waals surface area contributed by atoms with E-state index >= 15 is 0 Å². The van der Waals surface area contributed by atoms with E-state index in [0.717, 1.165) is 27.7 Å². The van der Waals surface area contributed by atoms with E-state index in [9.17, 15) is 9.59 Å². The summed E-state index contributed by atoms with van der Waals surface area (Å²) >= 11 is 3.46. The van der Waals surface area contributed by atoms with Crippen LogP contribution in [0, 0.1) is 0 Å². The number of likely N-dealkylation sites (N-methyl/N-ethyl adjacent to an activating group) is 1. The number of aryl methyl sites for hydroxylation is 1. The Labute approximate surface area is 150 Å². The fourth-order valence-electron chi connectivity index (χ4n) is 2.90. The van der Waals surface area contributed by atoms with Crippen LogP contribution in [-0.4, -0.2) is 30.3 Å². The van der Waals surface area contributed by atoms with Crippen LogP contribution in [0.3, 0.4) is 0 Å². The maximum absolute atomic E-state index is 12.6. The second-order valence-corrected chi connectivity index (χ2v) is 6.90. The molecule has 0 bridgehead atoms. The van der Waals surface area contributed by atoms with Crippen molar-refractivity contribution in [2.24, 2.45) is 0 Å². The number of halogens is 1. The molecule has 0 atom stereocenters. The molecule has 3 rings (SSSR count). The van der Waals surface area contributed by atoms with Gasteiger partial charge in [0.15, 0.2) is 0 Å². The third-order valence-corrected chi connectivity index (χ3v) is 4.72. The normalized spacial score (nSPS) is 13.6. The van der Waals surface area contributed by atoms with E-state index in [4.69, 9.17) is 0 Å². The summed E-state index contributed by atoms with van der Waals surface area (Å²) in [6.07, 6.45) is 1.16. The van der Waals surface area contributed by atoms with E-state index in [-0.39, 0.29) is 18.4 Å². The number of nitrogens with zero attached hydrogens (tertiary/aromatic N) is 2. The van der Waals surface area contributed by atoms with E-state index in [1.807, 2.05) is 48.5 Å². The molecule has 0 saturated heterocycles. The van der Waals surface area contributed by atoms with Gasteiger partial charge < -0.3 is 9.80 Å². The fourth-order valence-corrected chi connectivity index (χ4v) is 3.31. The van der Waals surface area contributed by atoms with Crippen molar-refractivity contribution in [1.82, 2.24) is 4.90 Å². The van der Waals surface area contributed by atoms with Crippen molar-refractivity contribution < 1.29 is 9.59 Å². The first kappa shape index (κ1) is 16.7. The van der Waals surface area contributed by atoms with Crippen molar-refractivity contribution >= 4 is 33.4 Å². The molecule has 4 nitrogen and oxygen atoms in total. The van der Waals surface area contributed by atoms with Crippen LogP contribution in [0.5, 0.6) is 0 Å². The lowest BCUT2D eigenvalue weighted by molar-refractivity contribution is -0.130. The number of hydrogen-bond donors (Lipinski definition) is 0. The summed E-state index contributed by atoms with van der Waals surface area (Å²) in [5, 5.41) is 0. The van der Waals surface area contributed by atoms with Crippen LogP contribution < -0.4 is 4.90 Å². The molecule has 0 unspecified atom stereocenters. The molecule has 1 aliphatic heterocycles. The molecule has 2 aromatic carbocycles. The zero-order chi connectivity index (χ0) is 17.1. The third kappa shape index (κ3) is 3.67. The number of fused-ring (bicyclic) bond motifs is 1. The molecule has 5 heteroatoms. The lowest BCUT2D eigenvalue weighted by atomic mass is 10.0. The number of rotatable bonds is 4. The van der Waals surface area contributed by atoms with Crippen LogP contribution in [0.15, 0.2) is 53.0 Å². The van der Waals surface area contributed by atoms with Gasteiger partial charge in [-0.2, -0.15) is 0 Å². The lowest BCUT2D eigenvalue weighted by Gasteiger charge is -2.30. The van der Waals surface area contributed by atoms with Crippen LogP contribution in [-0.2, 0) is 22.6 Å². The predicted octanol–water partition coefficient (Wildman–Crippen LogP) is 3.39. The molecule has 2 amide bonds. The van der Waals surface area contributed by atoms with E-state index in [1.165, 1.54) is 0 Å². The van der Waals surface area contributed by atoms with E-state index in [1.54, 1.807) is 16.8 Å². The minimum absolute atomic E-state index is 0.00582. The Bertz CT molecular complexity index is 761. The van der Waals surface area contributed by atoms with Crippen molar-refractivity contribution in [3.63, 3.8) is 0 Å². The SMILES string of the molecule is CN(Cc1ccccc1)C(=O)CN1C(=O)CCc2cc(Br)ccc21. The van der Waals surface area contributed by atoms with E-state index < -0.39 is 0 Å². The third-order valence-electron chi connectivity index (χ3n) is 4.22. The van der Waals surface area contributed by atoms with Gasteiger partial charge in [-0.3, -0.25) is 9.59 Å². The van der Waals surface area contributed by atoms with Crippen LogP contribution in [0.4, 0.5) is 5.69 Å². The summed E-state index contributed by atoms with van der Waals surface area (Å²) in [4.78, 5) is 28.1. The highest BCUT2D eigenvalue weighted by molar-refractivity contribution is 9.10. The highest BCUT2D eigenvalue weighted by Crippen LogP contribution is 2.30. The predicted molar refractivity (Wildman–Crippen MR) is 97.7 cm³/mol. The Balaban J connectivity index is 1.73. The number of carbonyl (C=O) groups is 2. The number of benzene rings is 2. The van der Waals surface area contributed by atoms with Gasteiger partial charge in [0.05, 0.1) is 0 Å². The summed E-state index contributed by atoms with van der Waals surface area (Å²) in [5.74, 6) is -0.0609. The smallest absolute Gasteiger partial charge is 0.242 e. The van der Waals surface area contributed by atoms with Crippen molar-refractivity contribution in [1.29, 1.82) is 0 Å². The van der Waals surface area contributed by atoms with E-state index in [2.05, 4.69) is 15.9 Å². The molecule has 2 aromatic rings. The second kappa shape index (κ2) is 7.18. The Kier molecular flexibility index (Phi) is 5.00. The van der Waals surface area contributed by atoms with Gasteiger partial charge in [0, 0.05) is 30.2 Å². The first-order valence-electron chi connectivity index (χ1n) is 7.91. The number of carbonyl (C=O) groups excluding carboxylic acids is 2. The van der Waals surface area contributed by atoms with E-state index in [0.29, 0.717) is 13.0 Å². The maximum Gasteiger partial charge on any atom is 0.242 e. The minimum atomic E-state index is -0.0667. The Morgan fingerprint density at radius 2 is 1.92 bits per heavy atom. The van der Waals surface area contributed by atoms with Gasteiger partial charge >= 0.3 is 0 Å². The van der Waals surface area contributed by atoms with Crippen LogP contribution in [0.2, 0.25) is 0 Å². The van der Waals surface area contributed by atoms with Gasteiger partial charge in [-0.05, 0) is 35.7 Å². The van der Waals surface area contributed by atoms with Crippen molar-refractivity contribution in [3.05, 3.63) is 64.1 Å². The first-order valence-corrected chi connectivity index (χ1v) is 8.70. The lowest BCUT2D eigenvalue weighted by Crippen LogP contribution is -2.43. The van der Waals surface area contributed by atoms with Gasteiger partial charge in [0.1, 0.15) is 6.54 Å². The maximum atomic E-state index is 12.6. The average molecular weight is 387 g/mol. The van der Waals surface area contributed by atoms with Crippen LogP contribution >= 0.6 is 15.9 Å². The highest BCUT2D eigenvalue weighted by Gasteiger charge is 2.27. The minimum Gasteiger partial charge on any atom is -0.340 e. The van der Waals surface area contributed by atoms with Crippen molar-refractivity contribution in [2.75, 3.05) is 18.5 Å². The van der Waals surface area contributed by atoms with Gasteiger partial charge in [-0.15, -0.1) is 0 Å². The monoisotopic (exact) mass is 386 g/mol. The molecule has 0 saturated carbocycles. The molecule has 0 radical (unpaired) electrons. The van der Waals surface area contributed by atoms with Gasteiger partial charge in [0.2, 0.25) is 11.8 Å². The molecule has 0 N–H and O–H groups in total. The molecular weight excluding hydrogens is 368 g/mol. The zero-order valence-corrected chi connectivity index (χ0v) is 15.1. The molecule has 124 valence electrons. The molecule has 0 fully saturated rings. The second-order valence-electron chi connectivity index (χ2n) is 5.99. The van der Waals surface area contributed by atoms with Crippen molar-refractivity contribution in [3.8, 4) is 0 Å². The van der Waals surface area contributed by atoms with Crippen LogP contribution in [0.25, 0.3) is 0 Å². The Morgan fingerprint density at radius 3 is 2.67 bits per heavy atom. The number of amides is 2. The summed E-state index contributed by atoms with van der Waals surface area (Å²) in [6, 6.07) is 15.7. The van der Waals surface area contributed by atoms with Gasteiger partial charge in [-0.25, -0.2) is 0 Å². The van der Waals surface area contributed by atoms with Gasteiger partial charge in [-0.1, -0.05) is 46.3 Å². The molecule has 1 aliphatic rings. The Hall–Kier alpha value is -2.14. The summed E-state index contributed by atoms with van der Waals surface area (Å²) < 4.78 is 0.989. The zero-order valence-electron chi connectivity index (χ0n) is 13.5. The average Bonchev–Trinajstić information content (AvgIpc) is 2.58. The molecular formula is C19H19BrN2O2. The molecule has 1 heterocycles. The number of hydrogen-bond acceptors (Lipinski definition) is 2. The quantitative estimate of drug-likeness (QED) is 0.807. The van der Waals surface area contributed by atoms with Crippen LogP contribution in [0.1, 0.15) is 17.5 Å². The van der Waals surface area contributed by atoms with Crippen molar-refractivity contribution in [2.45, 2.75) is 19.4 Å². The standard InChI is InChI=1S/C19H19BrN2O2/c1-21(12-14-5-3-2-4-6-14)19(24)13-22-17-9-8-16(20)11-15(17)7-10-18(22)23/h2-6,8-9,11H,7,10,12-13H2,1H3. The highest BCUT2D eigenvalue weighted by atomic mass is 79.9. The number of anilines is 1. The first-order chi connectivity index (χ1) is 11.5. The summed E-state index contributed by atoms with van der Waals surface area (Å²) in [6.45, 7) is 0.617. The Morgan fingerprint density at radius 1 is 1.17 bits per heavy atom.